The standard InChI is InChI=1S/C2H6NOP/c1-2-3-5-4/h2H2,1H3,(H,3,4)/p+1. The fourth-order valence-corrected chi connectivity index (χ4v) is 0.217. The van der Waals surface area contributed by atoms with Crippen LogP contribution in [-0.2, 0) is 4.57 Å². The Balaban J connectivity index is 2.40. The third kappa shape index (κ3) is 4.06. The summed E-state index contributed by atoms with van der Waals surface area (Å²) in [6.45, 7) is 2.70. The van der Waals surface area contributed by atoms with Gasteiger partial charge in [0.05, 0.1) is 0 Å². The first kappa shape index (κ1) is 5.06. The Morgan fingerprint density at radius 3 is 2.60 bits per heavy atom. The Morgan fingerprint density at radius 1 is 2.00 bits per heavy atom. The molecule has 1 unspecified atom stereocenters. The van der Waals surface area contributed by atoms with Crippen LogP contribution in [0.25, 0.3) is 0 Å². The van der Waals surface area contributed by atoms with Gasteiger partial charge in [-0.25, -0.2) is 0 Å². The summed E-state index contributed by atoms with van der Waals surface area (Å²) in [5, 5.41) is 2.58. The van der Waals surface area contributed by atoms with Crippen molar-refractivity contribution in [1.29, 1.82) is 0 Å². The zero-order chi connectivity index (χ0) is 4.12. The summed E-state index contributed by atoms with van der Waals surface area (Å²) in [7, 11) is -0.342. The molecule has 0 aromatic carbocycles. The van der Waals surface area contributed by atoms with Gasteiger partial charge >= 0.3 is 8.61 Å². The van der Waals surface area contributed by atoms with Crippen molar-refractivity contribution >= 4 is 8.61 Å². The first-order valence-electron chi connectivity index (χ1n) is 1.51. The van der Waals surface area contributed by atoms with Gasteiger partial charge in [0, 0.05) is 6.54 Å². The van der Waals surface area contributed by atoms with E-state index in [2.05, 4.69) is 5.09 Å². The highest BCUT2D eigenvalue weighted by Gasteiger charge is 1.74. The second kappa shape index (κ2) is 4.06. The quantitative estimate of drug-likeness (QED) is 0.503. The van der Waals surface area contributed by atoms with Gasteiger partial charge in [-0.2, -0.15) is 0 Å². The Bertz CT molecular complexity index is 30.8. The molecule has 0 aliphatic carbocycles. The molecule has 1 atom stereocenters. The highest BCUT2D eigenvalue weighted by molar-refractivity contribution is 7.21. The molecule has 0 aliphatic rings. The van der Waals surface area contributed by atoms with Crippen LogP contribution in [-0.4, -0.2) is 6.54 Å². The highest BCUT2D eigenvalue weighted by atomic mass is 31.1. The molecule has 0 radical (unpaired) electrons. The van der Waals surface area contributed by atoms with Crippen LogP contribution < -0.4 is 5.09 Å². The summed E-state index contributed by atoms with van der Waals surface area (Å²) in [5.41, 5.74) is 0. The summed E-state index contributed by atoms with van der Waals surface area (Å²) in [5.74, 6) is 0. The third-order valence-corrected chi connectivity index (χ3v) is 0.747. The lowest BCUT2D eigenvalue weighted by molar-refractivity contribution is 0.592. The molecule has 1 N–H and O–H groups in total. The largest absolute Gasteiger partial charge is 0.418 e. The average Bonchev–Trinajstić information content (AvgIpc) is 1.41. The predicted octanol–water partition coefficient (Wildman–Crippen LogP) is 0.535. The lowest BCUT2D eigenvalue weighted by Crippen LogP contribution is -1.92. The van der Waals surface area contributed by atoms with E-state index in [9.17, 15) is 4.57 Å². The first-order chi connectivity index (χ1) is 2.41. The van der Waals surface area contributed by atoms with Crippen molar-refractivity contribution in [3.63, 3.8) is 0 Å². The van der Waals surface area contributed by atoms with Crippen LogP contribution in [0.4, 0.5) is 0 Å². The van der Waals surface area contributed by atoms with E-state index in [1.165, 1.54) is 0 Å². The smallest absolute Gasteiger partial charge is 0.111 e. The lowest BCUT2D eigenvalue weighted by atomic mass is 10.8. The molecule has 0 bridgehead atoms. The van der Waals surface area contributed by atoms with Gasteiger partial charge in [-0.1, -0.05) is 4.57 Å². The molecule has 0 heterocycles. The van der Waals surface area contributed by atoms with E-state index in [0.717, 1.165) is 6.54 Å². The fraction of sp³-hybridized carbons (Fsp3) is 1.00. The van der Waals surface area contributed by atoms with Gasteiger partial charge in [-0.3, -0.25) is 0 Å². The van der Waals surface area contributed by atoms with Gasteiger partial charge in [0.25, 0.3) is 0 Å². The van der Waals surface area contributed by atoms with Crippen LogP contribution in [0.2, 0.25) is 0 Å². The molecule has 2 nitrogen and oxygen atoms in total. The molecule has 0 aromatic rings. The lowest BCUT2D eigenvalue weighted by Gasteiger charge is -1.64. The van der Waals surface area contributed by atoms with Crippen LogP contribution in [0.5, 0.6) is 0 Å². The normalized spacial score (nSPS) is 9.00. The van der Waals surface area contributed by atoms with Crippen molar-refractivity contribution in [1.82, 2.24) is 5.09 Å². The van der Waals surface area contributed by atoms with E-state index in [0.29, 0.717) is 0 Å². The topological polar surface area (TPSA) is 29.1 Å². The molecule has 5 heavy (non-hydrogen) atoms. The number of hydrogen-bond acceptors (Lipinski definition) is 1. The minimum absolute atomic E-state index is 0.342. The summed E-state index contributed by atoms with van der Waals surface area (Å²) >= 11 is 0. The Labute approximate surface area is 32.8 Å². The molecule has 0 amide bonds. The summed E-state index contributed by atoms with van der Waals surface area (Å²) < 4.78 is 9.45. The summed E-state index contributed by atoms with van der Waals surface area (Å²) in [6.07, 6.45) is 0. The Morgan fingerprint density at radius 2 is 2.60 bits per heavy atom. The molecule has 0 fully saturated rings. The minimum Gasteiger partial charge on any atom is -0.111 e. The maximum absolute atomic E-state index is 9.45. The SMILES string of the molecule is CCN[PH+]=O. The summed E-state index contributed by atoms with van der Waals surface area (Å²) in [4.78, 5) is 0. The molecule has 30 valence electrons. The van der Waals surface area contributed by atoms with Crippen LogP contribution in [0, 0.1) is 0 Å². The average molecular weight is 92.1 g/mol. The second-order valence-corrected chi connectivity index (χ2v) is 1.19. The first-order valence-corrected chi connectivity index (χ1v) is 2.42. The monoisotopic (exact) mass is 92.0 g/mol. The maximum atomic E-state index is 9.45. The Kier molecular flexibility index (Phi) is 4.11. The van der Waals surface area contributed by atoms with Crippen LogP contribution in [0.15, 0.2) is 0 Å². The van der Waals surface area contributed by atoms with E-state index in [1.54, 1.807) is 0 Å². The molecular formula is C2H7NOP+. The number of hydrogen-bond donors (Lipinski definition) is 1. The molecule has 0 rings (SSSR count). The van der Waals surface area contributed by atoms with E-state index in [-0.39, 0.29) is 8.61 Å². The van der Waals surface area contributed by atoms with Crippen LogP contribution >= 0.6 is 8.61 Å². The van der Waals surface area contributed by atoms with Crippen LogP contribution in [0.3, 0.4) is 0 Å². The van der Waals surface area contributed by atoms with Crippen molar-refractivity contribution in [3.8, 4) is 0 Å². The molecule has 3 heteroatoms. The maximum Gasteiger partial charge on any atom is 0.418 e. The molecule has 0 saturated carbocycles. The number of nitrogens with one attached hydrogen (secondary N) is 1. The molecule has 0 spiro atoms. The molecule has 0 aliphatic heterocycles. The van der Waals surface area contributed by atoms with Gasteiger partial charge < -0.3 is 0 Å². The van der Waals surface area contributed by atoms with Gasteiger partial charge in [-0.15, -0.1) is 5.09 Å². The summed E-state index contributed by atoms with van der Waals surface area (Å²) in [6, 6.07) is 0. The molecule has 0 saturated heterocycles. The van der Waals surface area contributed by atoms with Gasteiger partial charge in [0.15, 0.2) is 0 Å². The van der Waals surface area contributed by atoms with Gasteiger partial charge in [0.1, 0.15) is 0 Å². The van der Waals surface area contributed by atoms with E-state index in [1.807, 2.05) is 6.92 Å². The van der Waals surface area contributed by atoms with Crippen molar-refractivity contribution < 1.29 is 4.57 Å². The third-order valence-electron chi connectivity index (χ3n) is 0.249. The van der Waals surface area contributed by atoms with Crippen molar-refractivity contribution in [3.05, 3.63) is 0 Å². The van der Waals surface area contributed by atoms with E-state index in [4.69, 9.17) is 0 Å². The van der Waals surface area contributed by atoms with Crippen molar-refractivity contribution in [2.24, 2.45) is 0 Å². The zero-order valence-corrected chi connectivity index (χ0v) is 4.12. The second-order valence-electron chi connectivity index (χ2n) is 0.632. The minimum atomic E-state index is -0.342. The zero-order valence-electron chi connectivity index (χ0n) is 3.12. The van der Waals surface area contributed by atoms with E-state index >= 15 is 0 Å². The van der Waals surface area contributed by atoms with E-state index < -0.39 is 0 Å². The van der Waals surface area contributed by atoms with Crippen molar-refractivity contribution in [2.45, 2.75) is 6.92 Å². The van der Waals surface area contributed by atoms with Crippen LogP contribution in [0.1, 0.15) is 6.92 Å². The predicted molar refractivity (Wildman–Crippen MR) is 22.7 cm³/mol. The molecular weight excluding hydrogens is 85.0 g/mol. The molecule has 0 aromatic heterocycles. The van der Waals surface area contributed by atoms with Gasteiger partial charge in [0.2, 0.25) is 0 Å². The fourth-order valence-electron chi connectivity index (χ4n) is 0.0722. The highest BCUT2D eigenvalue weighted by Crippen LogP contribution is 1.73. The van der Waals surface area contributed by atoms with Crippen molar-refractivity contribution in [2.75, 3.05) is 6.54 Å². The number of rotatable bonds is 2. The van der Waals surface area contributed by atoms with Gasteiger partial charge in [-0.05, 0) is 6.92 Å². The Hall–Kier alpha value is 0.0600.